The van der Waals surface area contributed by atoms with Gasteiger partial charge in [0.05, 0.1) is 0 Å². The summed E-state index contributed by atoms with van der Waals surface area (Å²) in [4.78, 5) is 26.0. The largest absolute Gasteiger partial charge is 0.444 e. The lowest BCUT2D eigenvalue weighted by molar-refractivity contribution is 0.0217. The Morgan fingerprint density at radius 2 is 1.93 bits per heavy atom. The van der Waals surface area contributed by atoms with Crippen LogP contribution in [0.1, 0.15) is 21.1 Å². The number of hydrogen-bond donors (Lipinski definition) is 4. The number of rotatable bonds is 3. The Morgan fingerprint density at radius 3 is 2.50 bits per heavy atom. The van der Waals surface area contributed by atoms with Crippen LogP contribution in [0.15, 0.2) is 16.5 Å². The Balaban J connectivity index is 2.77. The molecule has 1 heterocycles. The molecule has 0 unspecified atom stereocenters. The van der Waals surface area contributed by atoms with Crippen molar-refractivity contribution in [2.45, 2.75) is 0 Å². The fourth-order valence-electron chi connectivity index (χ4n) is 0.745. The summed E-state index contributed by atoms with van der Waals surface area (Å²) in [6, 6.07) is 2.53. The molecule has 1 aromatic heterocycles. The van der Waals surface area contributed by atoms with Gasteiger partial charge in [-0.2, -0.15) is 0 Å². The number of hydrazine groups is 2. The Morgan fingerprint density at radius 1 is 1.29 bits per heavy atom. The quantitative estimate of drug-likeness (QED) is 0.263. The monoisotopic (exact) mass is 200 g/mol. The summed E-state index contributed by atoms with van der Waals surface area (Å²) >= 11 is 0. The van der Waals surface area contributed by atoms with Crippen molar-refractivity contribution >= 4 is 11.9 Å². The van der Waals surface area contributed by atoms with Crippen LogP contribution in [0.4, 0.5) is 0 Å². The first kappa shape index (κ1) is 10.2. The topological polar surface area (TPSA) is 133 Å². The second-order valence-electron chi connectivity index (χ2n) is 2.14. The molecule has 0 saturated carbocycles. The molecule has 0 saturated heterocycles. The van der Waals surface area contributed by atoms with Crippen molar-refractivity contribution in [3.8, 4) is 0 Å². The van der Waals surface area contributed by atoms with Gasteiger partial charge in [0.25, 0.3) is 0 Å². The molecule has 0 aliphatic carbocycles. The fourth-order valence-corrected chi connectivity index (χ4v) is 0.745. The number of carbonyl (C=O) groups excluding carboxylic acids is 2. The van der Waals surface area contributed by atoms with Crippen LogP contribution in [0.25, 0.3) is 0 Å². The van der Waals surface area contributed by atoms with E-state index in [1.807, 2.05) is 5.43 Å². The maximum Gasteiger partial charge on any atom is 0.394 e. The van der Waals surface area contributed by atoms with E-state index in [4.69, 9.17) is 16.1 Å². The van der Waals surface area contributed by atoms with Crippen LogP contribution in [-0.4, -0.2) is 11.9 Å². The van der Waals surface area contributed by atoms with Gasteiger partial charge in [-0.25, -0.2) is 16.5 Å². The third-order valence-electron chi connectivity index (χ3n) is 1.31. The first-order valence-corrected chi connectivity index (χ1v) is 3.46. The van der Waals surface area contributed by atoms with Gasteiger partial charge in [-0.05, 0) is 12.1 Å². The Bertz CT molecular complexity index is 347. The van der Waals surface area contributed by atoms with E-state index in [1.165, 1.54) is 12.1 Å². The average Bonchev–Trinajstić information content (AvgIpc) is 2.66. The molecular weight excluding hydrogens is 192 g/mol. The SMILES string of the molecule is NNOC(=O)c1ccc(C(=O)NN)o1. The standard InChI is InChI=1S/C6H8N4O4/c7-9-5(11)3-1-2-4(13-3)6(12)14-10-8/h1-2,10H,7-8H2,(H,9,11). The summed E-state index contributed by atoms with van der Waals surface area (Å²) in [5, 5.41) is 0. The number of carbonyl (C=O) groups is 2. The highest BCUT2D eigenvalue weighted by molar-refractivity contribution is 5.93. The number of hydrogen-bond acceptors (Lipinski definition) is 7. The zero-order valence-corrected chi connectivity index (χ0v) is 6.94. The van der Waals surface area contributed by atoms with E-state index in [-0.39, 0.29) is 11.5 Å². The second kappa shape index (κ2) is 4.37. The van der Waals surface area contributed by atoms with E-state index < -0.39 is 11.9 Å². The Labute approximate surface area is 78.1 Å². The minimum absolute atomic E-state index is 0.100. The molecule has 1 aromatic rings. The van der Waals surface area contributed by atoms with Crippen molar-refractivity contribution in [3.05, 3.63) is 23.7 Å². The van der Waals surface area contributed by atoms with Crippen LogP contribution >= 0.6 is 0 Å². The van der Waals surface area contributed by atoms with Gasteiger partial charge in [-0.3, -0.25) is 10.2 Å². The molecule has 0 spiro atoms. The molecule has 1 amide bonds. The third-order valence-corrected chi connectivity index (χ3v) is 1.31. The number of nitrogens with one attached hydrogen (secondary N) is 2. The lowest BCUT2D eigenvalue weighted by Crippen LogP contribution is -2.29. The summed E-state index contributed by atoms with van der Waals surface area (Å²) in [5.74, 6) is 7.81. The van der Waals surface area contributed by atoms with Crippen molar-refractivity contribution in [1.82, 2.24) is 11.0 Å². The molecule has 0 fully saturated rings. The predicted molar refractivity (Wildman–Crippen MR) is 43.1 cm³/mol. The number of amides is 1. The number of nitrogen functional groups attached to an aromatic ring is 1. The van der Waals surface area contributed by atoms with Crippen LogP contribution in [-0.2, 0) is 4.84 Å². The lowest BCUT2D eigenvalue weighted by Gasteiger charge is -1.96. The van der Waals surface area contributed by atoms with Gasteiger partial charge >= 0.3 is 11.9 Å². The van der Waals surface area contributed by atoms with E-state index in [1.54, 1.807) is 5.59 Å². The smallest absolute Gasteiger partial charge is 0.394 e. The van der Waals surface area contributed by atoms with E-state index in [2.05, 4.69) is 4.84 Å². The minimum atomic E-state index is -0.844. The van der Waals surface area contributed by atoms with E-state index in [0.29, 0.717) is 0 Å². The first-order chi connectivity index (χ1) is 6.69. The van der Waals surface area contributed by atoms with Crippen molar-refractivity contribution in [2.24, 2.45) is 11.7 Å². The van der Waals surface area contributed by atoms with Gasteiger partial charge in [0.15, 0.2) is 5.76 Å². The van der Waals surface area contributed by atoms with Crippen molar-refractivity contribution in [3.63, 3.8) is 0 Å². The van der Waals surface area contributed by atoms with E-state index >= 15 is 0 Å². The van der Waals surface area contributed by atoms with Crippen LogP contribution in [0, 0.1) is 0 Å². The predicted octanol–water partition coefficient (Wildman–Crippen LogP) is -1.58. The van der Waals surface area contributed by atoms with Gasteiger partial charge < -0.3 is 9.25 Å². The molecule has 0 aromatic carbocycles. The zero-order chi connectivity index (χ0) is 10.6. The highest BCUT2D eigenvalue weighted by Crippen LogP contribution is 2.08. The van der Waals surface area contributed by atoms with Gasteiger partial charge in [0, 0.05) is 0 Å². The normalized spacial score (nSPS) is 9.57. The third kappa shape index (κ3) is 2.07. The first-order valence-electron chi connectivity index (χ1n) is 3.46. The van der Waals surface area contributed by atoms with Crippen LogP contribution < -0.4 is 22.7 Å². The van der Waals surface area contributed by atoms with Crippen LogP contribution in [0.3, 0.4) is 0 Å². The molecule has 6 N–H and O–H groups in total. The van der Waals surface area contributed by atoms with Gasteiger partial charge in [0.1, 0.15) is 0 Å². The molecule has 0 radical (unpaired) electrons. The van der Waals surface area contributed by atoms with Gasteiger partial charge in [0.2, 0.25) is 5.76 Å². The lowest BCUT2D eigenvalue weighted by atomic mass is 10.4. The molecule has 8 nitrogen and oxygen atoms in total. The summed E-state index contributed by atoms with van der Waals surface area (Å²) in [5.41, 5.74) is 3.52. The second-order valence-corrected chi connectivity index (χ2v) is 2.14. The van der Waals surface area contributed by atoms with Crippen LogP contribution in [0.5, 0.6) is 0 Å². The molecule has 0 aliphatic rings. The summed E-state index contributed by atoms with van der Waals surface area (Å²) in [6.07, 6.45) is 0. The van der Waals surface area contributed by atoms with Crippen molar-refractivity contribution in [1.29, 1.82) is 0 Å². The molecular formula is C6H8N4O4. The summed E-state index contributed by atoms with van der Waals surface area (Å²) in [7, 11) is 0. The molecule has 1 rings (SSSR count). The maximum absolute atomic E-state index is 10.9. The van der Waals surface area contributed by atoms with Crippen LogP contribution in [0.2, 0.25) is 0 Å². The Kier molecular flexibility index (Phi) is 3.18. The van der Waals surface area contributed by atoms with Crippen molar-refractivity contribution in [2.75, 3.05) is 0 Å². The Hall–Kier alpha value is -1.90. The average molecular weight is 200 g/mol. The zero-order valence-electron chi connectivity index (χ0n) is 6.94. The summed E-state index contributed by atoms with van der Waals surface area (Å²) < 4.78 is 4.79. The molecule has 0 atom stereocenters. The van der Waals surface area contributed by atoms with E-state index in [9.17, 15) is 9.59 Å². The van der Waals surface area contributed by atoms with Gasteiger partial charge in [-0.1, -0.05) is 5.59 Å². The molecule has 8 heteroatoms. The minimum Gasteiger partial charge on any atom is -0.444 e. The molecule has 14 heavy (non-hydrogen) atoms. The molecule has 0 aliphatic heterocycles. The van der Waals surface area contributed by atoms with Crippen molar-refractivity contribution < 1.29 is 18.8 Å². The van der Waals surface area contributed by atoms with Gasteiger partial charge in [-0.15, -0.1) is 0 Å². The summed E-state index contributed by atoms with van der Waals surface area (Å²) in [6.45, 7) is 0. The molecule has 0 bridgehead atoms. The highest BCUT2D eigenvalue weighted by atomic mass is 16.7. The number of nitrogens with two attached hydrogens (primary N) is 2. The fraction of sp³-hybridized carbons (Fsp3) is 0. The highest BCUT2D eigenvalue weighted by Gasteiger charge is 2.15. The number of furan rings is 1. The van der Waals surface area contributed by atoms with E-state index in [0.717, 1.165) is 0 Å². The maximum atomic E-state index is 10.9. The molecule has 76 valence electrons.